The molecule has 2 heteroatoms. The fraction of sp³-hybridized carbons (Fsp3) is 0.200. The van der Waals surface area contributed by atoms with E-state index in [0.717, 1.165) is 16.1 Å². The quantitative estimate of drug-likeness (QED) is 0.848. The Bertz CT molecular complexity index is 547. The fourth-order valence-electron chi connectivity index (χ4n) is 1.95. The molecule has 0 saturated heterocycles. The van der Waals surface area contributed by atoms with E-state index in [9.17, 15) is 0 Å². The summed E-state index contributed by atoms with van der Waals surface area (Å²) in [4.78, 5) is 0. The van der Waals surface area contributed by atoms with Crippen LogP contribution in [0, 0.1) is 13.8 Å². The molecule has 0 aliphatic heterocycles. The molecule has 2 N–H and O–H groups in total. The van der Waals surface area contributed by atoms with Crippen molar-refractivity contribution >= 4 is 11.6 Å². The minimum absolute atomic E-state index is 0.521. The molecule has 1 nitrogen and oxygen atoms in total. The molecule has 0 aliphatic rings. The number of benzene rings is 2. The zero-order chi connectivity index (χ0) is 12.4. The third-order valence-electron chi connectivity index (χ3n) is 3.16. The molecular formula is C15H16ClN. The van der Waals surface area contributed by atoms with Gasteiger partial charge in [0.05, 0.1) is 0 Å². The lowest BCUT2D eigenvalue weighted by Gasteiger charge is -2.11. The zero-order valence-corrected chi connectivity index (χ0v) is 10.9. The predicted molar refractivity (Wildman–Crippen MR) is 74.3 cm³/mol. The summed E-state index contributed by atoms with van der Waals surface area (Å²) in [6.45, 7) is 4.76. The second-order valence-electron chi connectivity index (χ2n) is 4.27. The van der Waals surface area contributed by atoms with Crippen molar-refractivity contribution in [3.63, 3.8) is 0 Å². The van der Waals surface area contributed by atoms with Gasteiger partial charge in [0.15, 0.2) is 0 Å². The summed E-state index contributed by atoms with van der Waals surface area (Å²) < 4.78 is 0. The van der Waals surface area contributed by atoms with Gasteiger partial charge in [-0.3, -0.25) is 0 Å². The summed E-state index contributed by atoms with van der Waals surface area (Å²) in [6.07, 6.45) is 0. The molecule has 2 rings (SSSR count). The van der Waals surface area contributed by atoms with Crippen LogP contribution in [-0.2, 0) is 6.54 Å². The Morgan fingerprint density at radius 2 is 1.82 bits per heavy atom. The average molecular weight is 246 g/mol. The Balaban J connectivity index is 2.57. The van der Waals surface area contributed by atoms with E-state index in [2.05, 4.69) is 32.0 Å². The Kier molecular flexibility index (Phi) is 3.51. The fourth-order valence-corrected chi connectivity index (χ4v) is 2.25. The Morgan fingerprint density at radius 1 is 1.06 bits per heavy atom. The summed E-state index contributed by atoms with van der Waals surface area (Å²) in [6, 6.07) is 12.3. The highest BCUT2D eigenvalue weighted by atomic mass is 35.5. The van der Waals surface area contributed by atoms with Crippen molar-refractivity contribution in [2.24, 2.45) is 5.73 Å². The van der Waals surface area contributed by atoms with E-state index in [1.54, 1.807) is 0 Å². The minimum atomic E-state index is 0.521. The molecule has 17 heavy (non-hydrogen) atoms. The topological polar surface area (TPSA) is 26.0 Å². The van der Waals surface area contributed by atoms with Gasteiger partial charge in [-0.25, -0.2) is 0 Å². The first-order chi connectivity index (χ1) is 8.13. The van der Waals surface area contributed by atoms with Gasteiger partial charge >= 0.3 is 0 Å². The minimum Gasteiger partial charge on any atom is -0.326 e. The maximum atomic E-state index is 6.31. The molecule has 0 fully saturated rings. The van der Waals surface area contributed by atoms with E-state index in [1.165, 1.54) is 16.7 Å². The highest BCUT2D eigenvalue weighted by Gasteiger charge is 2.07. The highest BCUT2D eigenvalue weighted by molar-refractivity contribution is 6.33. The molecule has 0 aliphatic carbocycles. The van der Waals surface area contributed by atoms with Crippen LogP contribution in [0.15, 0.2) is 36.4 Å². The van der Waals surface area contributed by atoms with E-state index >= 15 is 0 Å². The smallest absolute Gasteiger partial charge is 0.0487 e. The Hall–Kier alpha value is -1.31. The van der Waals surface area contributed by atoms with Crippen LogP contribution < -0.4 is 5.73 Å². The van der Waals surface area contributed by atoms with Crippen LogP contribution in [0.1, 0.15) is 16.7 Å². The van der Waals surface area contributed by atoms with E-state index in [1.807, 2.05) is 18.2 Å². The maximum Gasteiger partial charge on any atom is 0.0487 e. The predicted octanol–water partition coefficient (Wildman–Crippen LogP) is 4.08. The van der Waals surface area contributed by atoms with Crippen molar-refractivity contribution in [3.05, 3.63) is 58.1 Å². The van der Waals surface area contributed by atoms with Crippen molar-refractivity contribution in [1.82, 2.24) is 0 Å². The number of hydrogen-bond donors (Lipinski definition) is 1. The van der Waals surface area contributed by atoms with Gasteiger partial charge < -0.3 is 5.73 Å². The van der Waals surface area contributed by atoms with Gasteiger partial charge in [-0.15, -0.1) is 0 Å². The number of aryl methyl sites for hydroxylation is 1. The van der Waals surface area contributed by atoms with Crippen LogP contribution in [0.5, 0.6) is 0 Å². The molecule has 0 radical (unpaired) electrons. The van der Waals surface area contributed by atoms with E-state index in [4.69, 9.17) is 17.3 Å². The largest absolute Gasteiger partial charge is 0.326 e. The first-order valence-corrected chi connectivity index (χ1v) is 6.06. The first kappa shape index (κ1) is 12.2. The van der Waals surface area contributed by atoms with E-state index in [-0.39, 0.29) is 0 Å². The summed E-state index contributed by atoms with van der Waals surface area (Å²) in [5, 5.41) is 0.765. The first-order valence-electron chi connectivity index (χ1n) is 5.68. The lowest BCUT2D eigenvalue weighted by molar-refractivity contribution is 1.07. The van der Waals surface area contributed by atoms with E-state index < -0.39 is 0 Å². The molecule has 2 aromatic rings. The molecule has 0 bridgehead atoms. The molecule has 0 aromatic heterocycles. The Labute approximate surface area is 107 Å². The molecule has 2 aromatic carbocycles. The number of rotatable bonds is 2. The molecule has 0 spiro atoms. The van der Waals surface area contributed by atoms with Crippen LogP contribution in [-0.4, -0.2) is 0 Å². The Morgan fingerprint density at radius 3 is 2.47 bits per heavy atom. The van der Waals surface area contributed by atoms with Crippen molar-refractivity contribution in [2.45, 2.75) is 20.4 Å². The standard InChI is InChI=1S/C15H16ClN/c1-10-4-3-5-13(11(10)2)14-7-6-12(9-17)8-15(14)16/h3-8H,9,17H2,1-2H3. The molecule has 0 amide bonds. The molecule has 0 atom stereocenters. The van der Waals surface area contributed by atoms with Crippen LogP contribution >= 0.6 is 11.6 Å². The average Bonchev–Trinajstić information content (AvgIpc) is 2.33. The van der Waals surface area contributed by atoms with Crippen molar-refractivity contribution < 1.29 is 0 Å². The molecular weight excluding hydrogens is 230 g/mol. The third kappa shape index (κ3) is 2.36. The van der Waals surface area contributed by atoms with Crippen molar-refractivity contribution in [3.8, 4) is 11.1 Å². The van der Waals surface area contributed by atoms with Crippen molar-refractivity contribution in [1.29, 1.82) is 0 Å². The van der Waals surface area contributed by atoms with Gasteiger partial charge in [0.1, 0.15) is 0 Å². The van der Waals surface area contributed by atoms with Gasteiger partial charge in [-0.2, -0.15) is 0 Å². The van der Waals surface area contributed by atoms with Crippen LogP contribution in [0.25, 0.3) is 11.1 Å². The summed E-state index contributed by atoms with van der Waals surface area (Å²) >= 11 is 6.31. The second kappa shape index (κ2) is 4.91. The lowest BCUT2D eigenvalue weighted by Crippen LogP contribution is -1.96. The second-order valence-corrected chi connectivity index (χ2v) is 4.67. The van der Waals surface area contributed by atoms with Crippen LogP contribution in [0.3, 0.4) is 0 Å². The van der Waals surface area contributed by atoms with E-state index in [0.29, 0.717) is 6.54 Å². The molecule has 0 unspecified atom stereocenters. The van der Waals surface area contributed by atoms with Gasteiger partial charge in [0, 0.05) is 17.1 Å². The van der Waals surface area contributed by atoms with Gasteiger partial charge in [0.2, 0.25) is 0 Å². The summed E-state index contributed by atoms with van der Waals surface area (Å²) in [7, 11) is 0. The highest BCUT2D eigenvalue weighted by Crippen LogP contribution is 2.32. The molecule has 0 heterocycles. The maximum absolute atomic E-state index is 6.31. The van der Waals surface area contributed by atoms with Gasteiger partial charge in [-0.05, 0) is 42.2 Å². The number of nitrogens with two attached hydrogens (primary N) is 1. The molecule has 88 valence electrons. The lowest BCUT2D eigenvalue weighted by atomic mass is 9.96. The van der Waals surface area contributed by atoms with Crippen LogP contribution in [0.2, 0.25) is 5.02 Å². The number of hydrogen-bond acceptors (Lipinski definition) is 1. The summed E-state index contributed by atoms with van der Waals surface area (Å²) in [5.41, 5.74) is 11.5. The SMILES string of the molecule is Cc1cccc(-c2ccc(CN)cc2Cl)c1C. The van der Waals surface area contributed by atoms with Crippen LogP contribution in [0.4, 0.5) is 0 Å². The normalized spacial score (nSPS) is 10.6. The van der Waals surface area contributed by atoms with Gasteiger partial charge in [0.25, 0.3) is 0 Å². The third-order valence-corrected chi connectivity index (χ3v) is 3.48. The number of halogens is 1. The zero-order valence-electron chi connectivity index (χ0n) is 10.1. The molecule has 0 saturated carbocycles. The van der Waals surface area contributed by atoms with Gasteiger partial charge in [-0.1, -0.05) is 41.9 Å². The van der Waals surface area contributed by atoms with Crippen molar-refractivity contribution in [2.75, 3.05) is 0 Å². The summed E-state index contributed by atoms with van der Waals surface area (Å²) in [5.74, 6) is 0. The monoisotopic (exact) mass is 245 g/mol.